The molecule has 6 heteroatoms. The zero-order valence-electron chi connectivity index (χ0n) is 15.7. The Hall–Kier alpha value is -2.08. The molecule has 3 N–H and O–H groups in total. The van der Waals surface area contributed by atoms with Gasteiger partial charge in [-0.05, 0) is 50.6 Å². The van der Waals surface area contributed by atoms with Gasteiger partial charge in [0.15, 0.2) is 5.96 Å². The van der Waals surface area contributed by atoms with Gasteiger partial charge < -0.3 is 15.6 Å². The third-order valence-electron chi connectivity index (χ3n) is 4.47. The number of aromatic amines is 1. The maximum atomic E-state index is 13.2. The minimum absolute atomic E-state index is 0.217. The lowest BCUT2D eigenvalue weighted by Crippen LogP contribution is -2.43. The second-order valence-electron chi connectivity index (χ2n) is 6.40. The smallest absolute Gasteiger partial charge is 0.191 e. The highest BCUT2D eigenvalue weighted by molar-refractivity contribution is 5.83. The van der Waals surface area contributed by atoms with E-state index in [0.717, 1.165) is 49.5 Å². The highest BCUT2D eigenvalue weighted by Gasteiger charge is 2.07. The number of benzene rings is 1. The van der Waals surface area contributed by atoms with Gasteiger partial charge in [-0.25, -0.2) is 4.39 Å². The molecule has 0 aliphatic rings. The van der Waals surface area contributed by atoms with Gasteiger partial charge in [-0.15, -0.1) is 0 Å². The van der Waals surface area contributed by atoms with Gasteiger partial charge in [0.2, 0.25) is 0 Å². The Morgan fingerprint density at radius 1 is 1.28 bits per heavy atom. The summed E-state index contributed by atoms with van der Waals surface area (Å²) in [4.78, 5) is 9.80. The molecule has 0 unspecified atom stereocenters. The summed E-state index contributed by atoms with van der Waals surface area (Å²) in [5.74, 6) is 0.594. The van der Waals surface area contributed by atoms with E-state index in [-0.39, 0.29) is 5.82 Å². The Balaban J connectivity index is 1.79. The number of nitrogens with zero attached hydrogens (tertiary/aromatic N) is 2. The van der Waals surface area contributed by atoms with Crippen LogP contribution in [0.25, 0.3) is 10.9 Å². The Bertz CT molecular complexity index is 692. The molecule has 0 amide bonds. The van der Waals surface area contributed by atoms with Crippen molar-refractivity contribution in [3.05, 3.63) is 35.8 Å². The van der Waals surface area contributed by atoms with Crippen LogP contribution in [0.5, 0.6) is 0 Å². The van der Waals surface area contributed by atoms with Gasteiger partial charge in [-0.1, -0.05) is 6.92 Å². The third-order valence-corrected chi connectivity index (χ3v) is 4.47. The van der Waals surface area contributed by atoms with Crippen molar-refractivity contribution < 1.29 is 4.39 Å². The Morgan fingerprint density at radius 3 is 2.72 bits per heavy atom. The van der Waals surface area contributed by atoms with Crippen molar-refractivity contribution in [2.75, 3.05) is 33.2 Å². The lowest BCUT2D eigenvalue weighted by molar-refractivity contribution is 0.237. The topological polar surface area (TPSA) is 55.4 Å². The van der Waals surface area contributed by atoms with Gasteiger partial charge in [0, 0.05) is 49.8 Å². The number of likely N-dealkylation sites (N-methyl/N-ethyl adjacent to an activating group) is 1. The highest BCUT2D eigenvalue weighted by atomic mass is 19.1. The van der Waals surface area contributed by atoms with E-state index in [1.165, 1.54) is 17.7 Å². The van der Waals surface area contributed by atoms with Crippen LogP contribution < -0.4 is 10.6 Å². The molecule has 0 fully saturated rings. The first-order valence-electron chi connectivity index (χ1n) is 8.99. The van der Waals surface area contributed by atoms with Gasteiger partial charge in [0.25, 0.3) is 0 Å². The van der Waals surface area contributed by atoms with Crippen molar-refractivity contribution in [3.8, 4) is 0 Å². The normalized spacial score (nSPS) is 12.4. The Morgan fingerprint density at radius 2 is 2.04 bits per heavy atom. The first kappa shape index (κ1) is 19.2. The summed E-state index contributed by atoms with van der Waals surface area (Å²) in [5, 5.41) is 7.76. The zero-order chi connectivity index (χ0) is 18.2. The Kier molecular flexibility index (Phi) is 7.25. The number of rotatable bonds is 8. The number of H-pyrrole nitrogens is 1. The van der Waals surface area contributed by atoms with Crippen LogP contribution in [-0.2, 0) is 6.42 Å². The molecule has 1 aromatic heterocycles. The predicted molar refractivity (Wildman–Crippen MR) is 104 cm³/mol. The van der Waals surface area contributed by atoms with Crippen LogP contribution >= 0.6 is 0 Å². The average Bonchev–Trinajstić information content (AvgIpc) is 2.98. The second kappa shape index (κ2) is 9.42. The first-order chi connectivity index (χ1) is 12.0. The molecule has 0 aliphatic heterocycles. The van der Waals surface area contributed by atoms with Crippen LogP contribution in [0.4, 0.5) is 4.39 Å². The summed E-state index contributed by atoms with van der Waals surface area (Å²) in [6.07, 6.45) is 2.79. The van der Waals surface area contributed by atoms with Crippen LogP contribution in [0.15, 0.2) is 29.4 Å². The van der Waals surface area contributed by atoms with Crippen molar-refractivity contribution >= 4 is 16.9 Å². The molecular formula is C19H30FN5. The van der Waals surface area contributed by atoms with Gasteiger partial charge in [-0.3, -0.25) is 9.89 Å². The number of hydrogen-bond acceptors (Lipinski definition) is 2. The number of aromatic nitrogens is 1. The fraction of sp³-hybridized carbons (Fsp3) is 0.526. The summed E-state index contributed by atoms with van der Waals surface area (Å²) in [6.45, 7) is 10.3. The van der Waals surface area contributed by atoms with Crippen LogP contribution in [0, 0.1) is 5.82 Å². The molecule has 0 aliphatic carbocycles. The second-order valence-corrected chi connectivity index (χ2v) is 6.40. The molecule has 2 aromatic rings. The molecular weight excluding hydrogens is 317 g/mol. The van der Waals surface area contributed by atoms with Crippen molar-refractivity contribution in [1.29, 1.82) is 0 Å². The zero-order valence-corrected chi connectivity index (χ0v) is 15.7. The molecule has 0 atom stereocenters. The average molecular weight is 347 g/mol. The number of guanidine groups is 1. The summed E-state index contributed by atoms with van der Waals surface area (Å²) >= 11 is 0. The molecule has 0 saturated heterocycles. The molecule has 5 nitrogen and oxygen atoms in total. The fourth-order valence-corrected chi connectivity index (χ4v) is 3.00. The van der Waals surface area contributed by atoms with E-state index < -0.39 is 0 Å². The molecule has 0 saturated carbocycles. The third kappa shape index (κ3) is 5.46. The predicted octanol–water partition coefficient (Wildman–Crippen LogP) is 2.74. The number of halogens is 1. The number of hydrogen-bond donors (Lipinski definition) is 3. The van der Waals surface area contributed by atoms with Crippen molar-refractivity contribution in [2.45, 2.75) is 33.2 Å². The maximum absolute atomic E-state index is 13.2. The van der Waals surface area contributed by atoms with Crippen LogP contribution in [-0.4, -0.2) is 55.1 Å². The van der Waals surface area contributed by atoms with E-state index in [1.54, 1.807) is 7.05 Å². The monoisotopic (exact) mass is 347 g/mol. The van der Waals surface area contributed by atoms with Crippen LogP contribution in [0.1, 0.15) is 26.3 Å². The number of nitrogens with one attached hydrogen (secondary N) is 3. The molecule has 0 bridgehead atoms. The summed E-state index contributed by atoms with van der Waals surface area (Å²) in [6, 6.07) is 5.41. The summed E-state index contributed by atoms with van der Waals surface area (Å²) < 4.78 is 13.2. The molecule has 1 heterocycles. The van der Waals surface area contributed by atoms with Gasteiger partial charge in [0.05, 0.1) is 0 Å². The largest absolute Gasteiger partial charge is 0.361 e. The van der Waals surface area contributed by atoms with E-state index in [2.05, 4.69) is 46.3 Å². The Labute approximate surface area is 149 Å². The van der Waals surface area contributed by atoms with Gasteiger partial charge in [-0.2, -0.15) is 0 Å². The fourth-order valence-electron chi connectivity index (χ4n) is 3.00. The maximum Gasteiger partial charge on any atom is 0.191 e. The van der Waals surface area contributed by atoms with E-state index >= 15 is 0 Å². The molecule has 0 spiro atoms. The summed E-state index contributed by atoms with van der Waals surface area (Å²) in [5.41, 5.74) is 2.01. The quantitative estimate of drug-likeness (QED) is 0.508. The standard InChI is InChI=1S/C19H30FN5/c1-5-25(14(2)3)11-10-23-19(21-4)22-9-8-15-13-24-18-12-16(20)6-7-17(15)18/h6-7,12-14,24H,5,8-11H2,1-4H3,(H2,21,22,23). The van der Waals surface area contributed by atoms with E-state index in [0.29, 0.717) is 6.04 Å². The highest BCUT2D eigenvalue weighted by Crippen LogP contribution is 2.19. The molecule has 138 valence electrons. The van der Waals surface area contributed by atoms with E-state index in [1.807, 2.05) is 12.3 Å². The lowest BCUT2D eigenvalue weighted by atomic mass is 10.1. The van der Waals surface area contributed by atoms with Crippen LogP contribution in [0.2, 0.25) is 0 Å². The van der Waals surface area contributed by atoms with Gasteiger partial charge >= 0.3 is 0 Å². The molecule has 2 rings (SSSR count). The first-order valence-corrected chi connectivity index (χ1v) is 8.99. The van der Waals surface area contributed by atoms with E-state index in [4.69, 9.17) is 0 Å². The molecule has 0 radical (unpaired) electrons. The van der Waals surface area contributed by atoms with Crippen molar-refractivity contribution in [2.24, 2.45) is 4.99 Å². The van der Waals surface area contributed by atoms with E-state index in [9.17, 15) is 4.39 Å². The lowest BCUT2D eigenvalue weighted by Gasteiger charge is -2.25. The summed E-state index contributed by atoms with van der Waals surface area (Å²) in [7, 11) is 1.78. The minimum Gasteiger partial charge on any atom is -0.361 e. The molecule has 1 aromatic carbocycles. The SMILES string of the molecule is CCN(CCNC(=NC)NCCc1c[nH]c2cc(F)ccc12)C(C)C. The van der Waals surface area contributed by atoms with Crippen LogP contribution in [0.3, 0.4) is 0 Å². The van der Waals surface area contributed by atoms with Crippen molar-refractivity contribution in [3.63, 3.8) is 0 Å². The number of fused-ring (bicyclic) bond motifs is 1. The van der Waals surface area contributed by atoms with Gasteiger partial charge in [0.1, 0.15) is 5.82 Å². The van der Waals surface area contributed by atoms with Crippen molar-refractivity contribution in [1.82, 2.24) is 20.5 Å². The minimum atomic E-state index is -0.217. The number of aliphatic imine (C=N–C) groups is 1. The molecule has 25 heavy (non-hydrogen) atoms.